The molecule has 8 aromatic carbocycles. The maximum atomic E-state index is 6.31. The van der Waals surface area contributed by atoms with Crippen LogP contribution in [0.1, 0.15) is 27.8 Å². The molecule has 0 N–H and O–H groups in total. The highest BCUT2D eigenvalue weighted by Gasteiger charge is 2.50. The summed E-state index contributed by atoms with van der Waals surface area (Å²) in [6, 6.07) is 61.0. The third-order valence-corrected chi connectivity index (χ3v) is 13.4. The van der Waals surface area contributed by atoms with Gasteiger partial charge in [0.05, 0.1) is 33.2 Å². The molecule has 0 saturated heterocycles. The van der Waals surface area contributed by atoms with Gasteiger partial charge in [0, 0.05) is 47.8 Å². The van der Waals surface area contributed by atoms with E-state index >= 15 is 0 Å². The van der Waals surface area contributed by atoms with E-state index < -0.39 is 5.41 Å². The first-order valence-electron chi connectivity index (χ1n) is 18.6. The molecular weight excluding hydrogens is 677 g/mol. The van der Waals surface area contributed by atoms with Crippen molar-refractivity contribution in [1.29, 1.82) is 0 Å². The molecule has 0 bridgehead atoms. The Kier molecular flexibility index (Phi) is 5.44. The van der Waals surface area contributed by atoms with Crippen molar-refractivity contribution < 1.29 is 4.42 Å². The number of aromatic nitrogens is 2. The summed E-state index contributed by atoms with van der Waals surface area (Å²) in [6.07, 6.45) is 0. The highest BCUT2D eigenvalue weighted by molar-refractivity contribution is 7.99. The van der Waals surface area contributed by atoms with Crippen LogP contribution in [0.2, 0.25) is 0 Å². The van der Waals surface area contributed by atoms with E-state index in [-0.39, 0.29) is 0 Å². The average molecular weight is 707 g/mol. The minimum absolute atomic E-state index is 0.549. The zero-order valence-corrected chi connectivity index (χ0v) is 30.1. The van der Waals surface area contributed by atoms with Gasteiger partial charge in [0.1, 0.15) is 11.2 Å². The SMILES string of the molecule is Cc1ccc2c3cccc4c3n(c2c1)-c1ccccc1C41c2ccccc2Sc2c1ccc1c3ccccc3n(-c3ccc4oc5ccccc5c4c3)c21. The van der Waals surface area contributed by atoms with Crippen LogP contribution in [-0.2, 0) is 5.41 Å². The van der Waals surface area contributed by atoms with Crippen molar-refractivity contribution in [2.24, 2.45) is 0 Å². The fourth-order valence-electron chi connectivity index (χ4n) is 10.1. The molecule has 0 radical (unpaired) electrons. The van der Waals surface area contributed by atoms with Crippen LogP contribution >= 0.6 is 11.8 Å². The highest BCUT2D eigenvalue weighted by Crippen LogP contribution is 2.62. The summed E-state index contributed by atoms with van der Waals surface area (Å²) < 4.78 is 11.4. The first-order valence-corrected chi connectivity index (χ1v) is 19.4. The Morgan fingerprint density at radius 2 is 1.17 bits per heavy atom. The molecule has 5 heterocycles. The van der Waals surface area contributed by atoms with Gasteiger partial charge in [-0.05, 0) is 83.3 Å². The van der Waals surface area contributed by atoms with Crippen LogP contribution in [0.3, 0.4) is 0 Å². The summed E-state index contributed by atoms with van der Waals surface area (Å²) in [6.45, 7) is 2.20. The van der Waals surface area contributed by atoms with Gasteiger partial charge in [-0.2, -0.15) is 0 Å². The van der Waals surface area contributed by atoms with Crippen LogP contribution in [0.25, 0.3) is 76.9 Å². The minimum atomic E-state index is -0.549. The quantitative estimate of drug-likeness (QED) is 0.170. The monoisotopic (exact) mass is 706 g/mol. The first-order chi connectivity index (χ1) is 26.7. The Labute approximate surface area is 314 Å². The Morgan fingerprint density at radius 1 is 0.463 bits per heavy atom. The Balaban J connectivity index is 1.22. The number of furan rings is 1. The van der Waals surface area contributed by atoms with Crippen LogP contribution in [-0.4, -0.2) is 9.13 Å². The first kappa shape index (κ1) is 29.0. The molecule has 11 aromatic rings. The van der Waals surface area contributed by atoms with E-state index in [2.05, 4.69) is 174 Å². The summed E-state index contributed by atoms with van der Waals surface area (Å²) in [5.41, 5.74) is 15.2. The van der Waals surface area contributed by atoms with Gasteiger partial charge in [0.2, 0.25) is 0 Å². The second-order valence-electron chi connectivity index (χ2n) is 14.9. The van der Waals surface area contributed by atoms with Gasteiger partial charge in [-0.15, -0.1) is 0 Å². The van der Waals surface area contributed by atoms with Crippen LogP contribution < -0.4 is 0 Å². The Bertz CT molecular complexity index is 3450. The Hall–Kier alpha value is -6.49. The van der Waals surface area contributed by atoms with E-state index in [1.54, 1.807) is 0 Å². The fourth-order valence-corrected chi connectivity index (χ4v) is 11.4. The predicted octanol–water partition coefficient (Wildman–Crippen LogP) is 13.2. The highest BCUT2D eigenvalue weighted by atomic mass is 32.2. The molecular formula is C50H30N2OS. The molecule has 54 heavy (non-hydrogen) atoms. The molecule has 3 aromatic heterocycles. The number of hydrogen-bond donors (Lipinski definition) is 0. The standard InChI is InChI=1S/C50H30N2OS/c1-29-21-23-32-34-13-10-16-39-47(34)52(43(32)27-29)42-18-7-4-14-37(42)50(39)38-15-5-9-20-46(38)54-49-40(50)25-24-35-31-11-2-6-17-41(31)51(48(35)49)30-22-26-45-36(28-30)33-12-3-8-19-44(33)53-45/h2-28H,1H3. The third kappa shape index (κ3) is 3.41. The van der Waals surface area contributed by atoms with Gasteiger partial charge >= 0.3 is 0 Å². The second kappa shape index (κ2) is 10.1. The lowest BCUT2D eigenvalue weighted by molar-refractivity contribution is 0.669. The van der Waals surface area contributed by atoms with E-state index in [4.69, 9.17) is 4.42 Å². The van der Waals surface area contributed by atoms with E-state index in [1.807, 2.05) is 17.8 Å². The molecule has 0 saturated carbocycles. The summed E-state index contributed by atoms with van der Waals surface area (Å²) in [5.74, 6) is 0. The lowest BCUT2D eigenvalue weighted by Gasteiger charge is -2.45. The number of para-hydroxylation sites is 4. The van der Waals surface area contributed by atoms with Crippen LogP contribution in [0.5, 0.6) is 0 Å². The van der Waals surface area contributed by atoms with Crippen molar-refractivity contribution in [3.63, 3.8) is 0 Å². The number of nitrogens with zero attached hydrogens (tertiary/aromatic N) is 2. The van der Waals surface area contributed by atoms with Gasteiger partial charge in [-0.1, -0.05) is 127 Å². The molecule has 2 aliphatic heterocycles. The topological polar surface area (TPSA) is 23.0 Å². The van der Waals surface area contributed by atoms with Crippen molar-refractivity contribution >= 4 is 77.3 Å². The molecule has 0 fully saturated rings. The minimum Gasteiger partial charge on any atom is -0.456 e. The van der Waals surface area contributed by atoms with Crippen LogP contribution in [0, 0.1) is 6.92 Å². The zero-order chi connectivity index (χ0) is 35.3. The van der Waals surface area contributed by atoms with Crippen molar-refractivity contribution in [1.82, 2.24) is 9.13 Å². The molecule has 1 spiro atoms. The van der Waals surface area contributed by atoms with Gasteiger partial charge in [-0.25, -0.2) is 0 Å². The van der Waals surface area contributed by atoms with Gasteiger partial charge < -0.3 is 13.6 Å². The lowest BCUT2D eigenvalue weighted by Crippen LogP contribution is -2.37. The summed E-state index contributed by atoms with van der Waals surface area (Å²) in [5, 5.41) is 7.37. The van der Waals surface area contributed by atoms with Crippen molar-refractivity contribution in [2.45, 2.75) is 22.1 Å². The maximum Gasteiger partial charge on any atom is 0.135 e. The number of fused-ring (bicyclic) bond motifs is 18. The predicted molar refractivity (Wildman–Crippen MR) is 223 cm³/mol. The number of rotatable bonds is 1. The number of hydrogen-bond acceptors (Lipinski definition) is 2. The molecule has 252 valence electrons. The van der Waals surface area contributed by atoms with E-state index in [1.165, 1.54) is 86.9 Å². The fraction of sp³-hybridized carbons (Fsp3) is 0.0400. The van der Waals surface area contributed by atoms with Gasteiger partial charge in [0.15, 0.2) is 0 Å². The molecule has 3 nitrogen and oxygen atoms in total. The van der Waals surface area contributed by atoms with E-state index in [0.29, 0.717) is 0 Å². The smallest absolute Gasteiger partial charge is 0.135 e. The second-order valence-corrected chi connectivity index (χ2v) is 15.9. The normalized spacial score (nSPS) is 15.9. The molecule has 0 amide bonds. The van der Waals surface area contributed by atoms with E-state index in [9.17, 15) is 0 Å². The molecule has 1 unspecified atom stereocenters. The average Bonchev–Trinajstić information content (AvgIpc) is 3.87. The van der Waals surface area contributed by atoms with Gasteiger partial charge in [0.25, 0.3) is 0 Å². The summed E-state index contributed by atoms with van der Waals surface area (Å²) >= 11 is 1.92. The van der Waals surface area contributed by atoms with Crippen LogP contribution in [0.4, 0.5) is 0 Å². The summed E-state index contributed by atoms with van der Waals surface area (Å²) in [4.78, 5) is 2.59. The number of benzene rings is 8. The zero-order valence-electron chi connectivity index (χ0n) is 29.3. The molecule has 2 aliphatic rings. The van der Waals surface area contributed by atoms with Crippen molar-refractivity contribution in [3.8, 4) is 11.4 Å². The largest absolute Gasteiger partial charge is 0.456 e. The third-order valence-electron chi connectivity index (χ3n) is 12.2. The van der Waals surface area contributed by atoms with Crippen molar-refractivity contribution in [2.75, 3.05) is 0 Å². The molecule has 13 rings (SSSR count). The maximum absolute atomic E-state index is 6.31. The Morgan fingerprint density at radius 3 is 2.11 bits per heavy atom. The lowest BCUT2D eigenvalue weighted by atomic mass is 9.62. The summed E-state index contributed by atoms with van der Waals surface area (Å²) in [7, 11) is 0. The van der Waals surface area contributed by atoms with Gasteiger partial charge in [-0.3, -0.25) is 0 Å². The van der Waals surface area contributed by atoms with Crippen molar-refractivity contribution in [3.05, 3.63) is 192 Å². The molecule has 1 atom stereocenters. The van der Waals surface area contributed by atoms with E-state index in [0.717, 1.165) is 27.6 Å². The molecule has 0 aliphatic carbocycles. The van der Waals surface area contributed by atoms with Crippen LogP contribution in [0.15, 0.2) is 178 Å². The molecule has 4 heteroatoms. The number of aryl methyl sites for hydroxylation is 1.